The Hall–Kier alpha value is -3.80. The minimum absolute atomic E-state index is 0.182. The van der Waals surface area contributed by atoms with Gasteiger partial charge in [-0.25, -0.2) is 0 Å². The standard InChI is InChI=1S/C28H38N8O3/c29-12-17-38-19-20-39-18-14-30-25(37)23-9-6-10-24(21-23)32-27-33-26(31-13-11-22-7-2-1-3-8-22)34-28(35-27)36-15-4-5-16-36/h1-3,6-10,21H,4-5,11-20,29H2,(H,30,37)(H2,31,32,33,34,35). The van der Waals surface area contributed by atoms with Crippen LogP contribution in [0.4, 0.5) is 23.5 Å². The predicted octanol–water partition coefficient (Wildman–Crippen LogP) is 2.59. The first-order valence-electron chi connectivity index (χ1n) is 13.5. The number of carbonyl (C=O) groups is 1. The molecule has 0 radical (unpaired) electrons. The number of nitrogens with one attached hydrogen (secondary N) is 3. The first-order chi connectivity index (χ1) is 19.2. The molecule has 5 N–H and O–H groups in total. The van der Waals surface area contributed by atoms with Crippen LogP contribution in [0.2, 0.25) is 0 Å². The molecule has 0 unspecified atom stereocenters. The van der Waals surface area contributed by atoms with Crippen molar-refractivity contribution in [3.05, 3.63) is 65.7 Å². The van der Waals surface area contributed by atoms with Crippen LogP contribution in [0.5, 0.6) is 0 Å². The van der Waals surface area contributed by atoms with Crippen molar-refractivity contribution < 1.29 is 14.3 Å². The van der Waals surface area contributed by atoms with E-state index in [-0.39, 0.29) is 5.91 Å². The molecule has 1 aromatic heterocycles. The van der Waals surface area contributed by atoms with Gasteiger partial charge in [0.1, 0.15) is 0 Å². The summed E-state index contributed by atoms with van der Waals surface area (Å²) in [7, 11) is 0. The van der Waals surface area contributed by atoms with Crippen molar-refractivity contribution in [3.63, 3.8) is 0 Å². The van der Waals surface area contributed by atoms with Crippen LogP contribution >= 0.6 is 0 Å². The summed E-state index contributed by atoms with van der Waals surface area (Å²) in [6.45, 7) is 5.30. The summed E-state index contributed by atoms with van der Waals surface area (Å²) >= 11 is 0. The third-order valence-electron chi connectivity index (χ3n) is 6.10. The molecule has 0 saturated carbocycles. The van der Waals surface area contributed by atoms with Gasteiger partial charge in [-0.1, -0.05) is 36.4 Å². The molecule has 11 heteroatoms. The number of ether oxygens (including phenoxy) is 2. The highest BCUT2D eigenvalue weighted by Crippen LogP contribution is 2.21. The van der Waals surface area contributed by atoms with E-state index in [1.54, 1.807) is 12.1 Å². The summed E-state index contributed by atoms with van der Waals surface area (Å²) in [6.07, 6.45) is 3.10. The van der Waals surface area contributed by atoms with Crippen LogP contribution in [-0.4, -0.2) is 80.0 Å². The molecular weight excluding hydrogens is 496 g/mol. The SMILES string of the molecule is NCCOCCOCCNC(=O)c1cccc(Nc2nc(NCCc3ccccc3)nc(N3CCCC3)n2)c1. The Kier molecular flexibility index (Phi) is 11.3. The fraction of sp³-hybridized carbons (Fsp3) is 0.429. The fourth-order valence-corrected chi connectivity index (χ4v) is 4.13. The average Bonchev–Trinajstić information content (AvgIpc) is 3.50. The Labute approximate surface area is 229 Å². The Bertz CT molecular complexity index is 1160. The van der Waals surface area contributed by atoms with Gasteiger partial charge < -0.3 is 36.1 Å². The van der Waals surface area contributed by atoms with Gasteiger partial charge in [-0.3, -0.25) is 4.79 Å². The van der Waals surface area contributed by atoms with Gasteiger partial charge in [0.05, 0.1) is 26.4 Å². The lowest BCUT2D eigenvalue weighted by atomic mass is 10.1. The zero-order valence-electron chi connectivity index (χ0n) is 22.3. The highest BCUT2D eigenvalue weighted by Gasteiger charge is 2.18. The Morgan fingerprint density at radius 3 is 2.44 bits per heavy atom. The van der Waals surface area contributed by atoms with Gasteiger partial charge in [-0.15, -0.1) is 0 Å². The lowest BCUT2D eigenvalue weighted by Crippen LogP contribution is -2.27. The number of aromatic nitrogens is 3. The third kappa shape index (κ3) is 9.47. The van der Waals surface area contributed by atoms with Gasteiger partial charge in [0, 0.05) is 44.0 Å². The van der Waals surface area contributed by atoms with Crippen molar-refractivity contribution in [2.24, 2.45) is 5.73 Å². The maximum Gasteiger partial charge on any atom is 0.251 e. The van der Waals surface area contributed by atoms with Crippen LogP contribution in [0.15, 0.2) is 54.6 Å². The maximum atomic E-state index is 12.6. The number of nitrogens with two attached hydrogens (primary N) is 1. The topological polar surface area (TPSA) is 140 Å². The second-order valence-electron chi connectivity index (χ2n) is 9.11. The summed E-state index contributed by atoms with van der Waals surface area (Å²) in [5.41, 5.74) is 7.86. The smallest absolute Gasteiger partial charge is 0.251 e. The van der Waals surface area contributed by atoms with E-state index in [2.05, 4.69) is 47.9 Å². The van der Waals surface area contributed by atoms with Crippen LogP contribution in [-0.2, 0) is 15.9 Å². The Morgan fingerprint density at radius 2 is 1.64 bits per heavy atom. The molecule has 39 heavy (non-hydrogen) atoms. The minimum atomic E-state index is -0.182. The molecule has 208 valence electrons. The van der Waals surface area contributed by atoms with E-state index in [0.29, 0.717) is 75.2 Å². The third-order valence-corrected chi connectivity index (χ3v) is 6.10. The molecule has 0 atom stereocenters. The molecule has 4 rings (SSSR count). The highest BCUT2D eigenvalue weighted by atomic mass is 16.5. The Morgan fingerprint density at radius 1 is 0.872 bits per heavy atom. The summed E-state index contributed by atoms with van der Waals surface area (Å²) in [6, 6.07) is 17.5. The molecule has 0 spiro atoms. The molecule has 2 aromatic carbocycles. The van der Waals surface area contributed by atoms with Crippen molar-refractivity contribution in [2.75, 3.05) is 74.7 Å². The predicted molar refractivity (Wildman–Crippen MR) is 153 cm³/mol. The molecule has 1 aliphatic heterocycles. The van der Waals surface area contributed by atoms with E-state index in [9.17, 15) is 4.79 Å². The quantitative estimate of drug-likeness (QED) is 0.203. The van der Waals surface area contributed by atoms with E-state index in [1.807, 2.05) is 30.3 Å². The van der Waals surface area contributed by atoms with E-state index < -0.39 is 0 Å². The number of hydrogen-bond acceptors (Lipinski definition) is 10. The van der Waals surface area contributed by atoms with E-state index >= 15 is 0 Å². The van der Waals surface area contributed by atoms with Gasteiger partial charge in [0.25, 0.3) is 5.91 Å². The molecule has 1 saturated heterocycles. The normalized spacial score (nSPS) is 12.9. The van der Waals surface area contributed by atoms with Gasteiger partial charge in [0.2, 0.25) is 17.8 Å². The number of hydrogen-bond donors (Lipinski definition) is 4. The van der Waals surface area contributed by atoms with Gasteiger partial charge in [0.15, 0.2) is 0 Å². The summed E-state index contributed by atoms with van der Waals surface area (Å²) < 4.78 is 10.7. The summed E-state index contributed by atoms with van der Waals surface area (Å²) in [4.78, 5) is 28.8. The number of benzene rings is 2. The second kappa shape index (κ2) is 15.6. The summed E-state index contributed by atoms with van der Waals surface area (Å²) in [5.74, 6) is 1.41. The molecule has 1 aliphatic rings. The lowest BCUT2D eigenvalue weighted by molar-refractivity contribution is 0.0511. The number of rotatable bonds is 16. The second-order valence-corrected chi connectivity index (χ2v) is 9.11. The first kappa shape index (κ1) is 28.2. The Balaban J connectivity index is 1.34. The molecule has 3 aromatic rings. The number of amides is 1. The summed E-state index contributed by atoms with van der Waals surface area (Å²) in [5, 5.41) is 9.47. The van der Waals surface area contributed by atoms with Crippen molar-refractivity contribution in [1.82, 2.24) is 20.3 Å². The van der Waals surface area contributed by atoms with Gasteiger partial charge in [-0.05, 0) is 43.0 Å². The maximum absolute atomic E-state index is 12.6. The molecule has 0 aliphatic carbocycles. The number of nitrogens with zero attached hydrogens (tertiary/aromatic N) is 4. The van der Waals surface area contributed by atoms with Crippen LogP contribution in [0, 0.1) is 0 Å². The van der Waals surface area contributed by atoms with E-state index in [4.69, 9.17) is 15.2 Å². The molecule has 11 nitrogen and oxygen atoms in total. The lowest BCUT2D eigenvalue weighted by Gasteiger charge is -2.17. The monoisotopic (exact) mass is 534 g/mol. The molecule has 0 bridgehead atoms. The zero-order valence-corrected chi connectivity index (χ0v) is 22.3. The van der Waals surface area contributed by atoms with Crippen LogP contribution in [0.1, 0.15) is 28.8 Å². The number of carbonyl (C=O) groups excluding carboxylic acids is 1. The van der Waals surface area contributed by atoms with E-state index in [0.717, 1.165) is 32.4 Å². The van der Waals surface area contributed by atoms with Crippen molar-refractivity contribution in [2.45, 2.75) is 19.3 Å². The first-order valence-corrected chi connectivity index (χ1v) is 13.5. The minimum Gasteiger partial charge on any atom is -0.378 e. The van der Waals surface area contributed by atoms with Gasteiger partial charge in [-0.2, -0.15) is 15.0 Å². The highest BCUT2D eigenvalue weighted by molar-refractivity contribution is 5.95. The molecular formula is C28H38N8O3. The fourth-order valence-electron chi connectivity index (χ4n) is 4.13. The number of anilines is 4. The van der Waals surface area contributed by atoms with Gasteiger partial charge >= 0.3 is 0 Å². The van der Waals surface area contributed by atoms with E-state index in [1.165, 1.54) is 5.56 Å². The largest absolute Gasteiger partial charge is 0.378 e. The van der Waals surface area contributed by atoms with Crippen molar-refractivity contribution >= 4 is 29.4 Å². The van der Waals surface area contributed by atoms with Crippen LogP contribution < -0.4 is 26.6 Å². The zero-order chi connectivity index (χ0) is 27.1. The molecule has 2 heterocycles. The molecule has 1 fully saturated rings. The van der Waals surface area contributed by atoms with Crippen molar-refractivity contribution in [1.29, 1.82) is 0 Å². The average molecular weight is 535 g/mol. The molecule has 1 amide bonds. The van der Waals surface area contributed by atoms with Crippen molar-refractivity contribution in [3.8, 4) is 0 Å². The van der Waals surface area contributed by atoms with Crippen LogP contribution in [0.25, 0.3) is 0 Å². The van der Waals surface area contributed by atoms with Crippen LogP contribution in [0.3, 0.4) is 0 Å².